The van der Waals surface area contributed by atoms with Gasteiger partial charge in [-0.1, -0.05) is 31.5 Å². The summed E-state index contributed by atoms with van der Waals surface area (Å²) in [6.45, 7) is 15.3. The van der Waals surface area contributed by atoms with E-state index in [-0.39, 0.29) is 12.4 Å². The average molecular weight is 347 g/mol. The number of nitrogens with one attached hydrogen (secondary N) is 1. The first-order chi connectivity index (χ1) is 10.9. The van der Waals surface area contributed by atoms with Crippen LogP contribution in [-0.2, 0) is 0 Å². The van der Waals surface area contributed by atoms with Gasteiger partial charge in [-0.3, -0.25) is 4.98 Å². The number of anilines is 1. The smallest absolute Gasteiger partial charge is 0.0760 e. The van der Waals surface area contributed by atoms with Crippen molar-refractivity contribution in [1.29, 1.82) is 0 Å². The van der Waals surface area contributed by atoms with Gasteiger partial charge in [0, 0.05) is 23.0 Å². The third kappa shape index (κ3) is 4.30. The Morgan fingerprint density at radius 2 is 1.46 bits per heavy atom. The van der Waals surface area contributed by atoms with Crippen LogP contribution in [0.5, 0.6) is 0 Å². The Labute approximate surface area is 153 Å². The lowest BCUT2D eigenvalue weighted by atomic mass is 9.94. The second-order valence-electron chi connectivity index (χ2n) is 6.72. The maximum absolute atomic E-state index is 4.87. The summed E-state index contributed by atoms with van der Waals surface area (Å²) >= 11 is 0. The number of hydrogen-bond donors (Lipinski definition) is 1. The maximum Gasteiger partial charge on any atom is 0.0760 e. The van der Waals surface area contributed by atoms with Gasteiger partial charge in [-0.25, -0.2) is 0 Å². The summed E-state index contributed by atoms with van der Waals surface area (Å²) in [5.74, 6) is 0. The van der Waals surface area contributed by atoms with Crippen LogP contribution in [0.3, 0.4) is 0 Å². The molecule has 1 heterocycles. The fourth-order valence-electron chi connectivity index (χ4n) is 3.40. The van der Waals surface area contributed by atoms with Gasteiger partial charge < -0.3 is 5.32 Å². The molecular weight excluding hydrogens is 316 g/mol. The van der Waals surface area contributed by atoms with Gasteiger partial charge in [0.05, 0.1) is 5.69 Å². The summed E-state index contributed by atoms with van der Waals surface area (Å²) in [5, 5.41) is 3.71. The van der Waals surface area contributed by atoms with Crippen molar-refractivity contribution in [2.75, 3.05) is 5.32 Å². The number of nitrogens with zero attached hydrogens (tertiary/aromatic N) is 1. The zero-order chi connectivity index (χ0) is 17.1. The Morgan fingerprint density at radius 1 is 0.917 bits per heavy atom. The minimum atomic E-state index is 0. The van der Waals surface area contributed by atoms with Crippen molar-refractivity contribution < 1.29 is 0 Å². The van der Waals surface area contributed by atoms with E-state index < -0.39 is 0 Å². The molecule has 1 aromatic carbocycles. The first kappa shape index (κ1) is 20.5. The molecular formula is C21H31ClN2. The predicted octanol–water partition coefficient (Wildman–Crippen LogP) is 6.31. The summed E-state index contributed by atoms with van der Waals surface area (Å²) in [6, 6.07) is 7.19. The summed E-state index contributed by atoms with van der Waals surface area (Å²) in [6.07, 6.45) is 2.27. The van der Waals surface area contributed by atoms with E-state index in [1.807, 2.05) is 0 Å². The third-order valence-electron chi connectivity index (χ3n) is 4.66. The Bertz CT molecular complexity index is 680. The largest absolute Gasteiger partial charge is 0.382 e. The molecule has 2 rings (SSSR count). The molecule has 0 fully saturated rings. The zero-order valence-electron chi connectivity index (χ0n) is 16.1. The molecule has 0 saturated carbocycles. The van der Waals surface area contributed by atoms with Crippen LogP contribution < -0.4 is 5.32 Å². The van der Waals surface area contributed by atoms with Crippen molar-refractivity contribution in [3.05, 3.63) is 46.1 Å². The lowest BCUT2D eigenvalue weighted by Crippen LogP contribution is -2.18. The molecule has 132 valence electrons. The lowest BCUT2D eigenvalue weighted by Gasteiger charge is -2.21. The van der Waals surface area contributed by atoms with Gasteiger partial charge in [0.1, 0.15) is 0 Å². The average Bonchev–Trinajstić information content (AvgIpc) is 2.47. The molecule has 0 aliphatic heterocycles. The molecule has 0 aliphatic rings. The van der Waals surface area contributed by atoms with E-state index in [0.29, 0.717) is 6.04 Å². The summed E-state index contributed by atoms with van der Waals surface area (Å²) in [5.41, 5.74) is 9.85. The molecule has 2 aromatic rings. The predicted molar refractivity (Wildman–Crippen MR) is 109 cm³/mol. The zero-order valence-corrected chi connectivity index (χ0v) is 16.9. The number of rotatable bonds is 5. The summed E-state index contributed by atoms with van der Waals surface area (Å²) < 4.78 is 0. The van der Waals surface area contributed by atoms with Crippen LogP contribution in [0.25, 0.3) is 11.3 Å². The van der Waals surface area contributed by atoms with Gasteiger partial charge in [0.15, 0.2) is 0 Å². The maximum atomic E-state index is 4.87. The standard InChI is InChI=1S/C21H30N2.ClH/c1-8-18(9-2)23-19-12-16(6)22-21(17(19)7)20-14(4)10-13(3)11-15(20)5;/h10-12,18H,8-9H2,1-7H3,(H,22,23);1H. The number of benzene rings is 1. The molecule has 0 bridgehead atoms. The summed E-state index contributed by atoms with van der Waals surface area (Å²) in [4.78, 5) is 4.87. The van der Waals surface area contributed by atoms with Crippen molar-refractivity contribution in [3.63, 3.8) is 0 Å². The van der Waals surface area contributed by atoms with E-state index in [2.05, 4.69) is 72.0 Å². The molecule has 2 nitrogen and oxygen atoms in total. The quantitative estimate of drug-likeness (QED) is 0.685. The highest BCUT2D eigenvalue weighted by molar-refractivity contribution is 5.85. The Hall–Kier alpha value is -1.54. The van der Waals surface area contributed by atoms with Gasteiger partial charge in [-0.2, -0.15) is 0 Å². The Kier molecular flexibility index (Phi) is 7.28. The van der Waals surface area contributed by atoms with Crippen molar-refractivity contribution >= 4 is 18.1 Å². The normalized spacial score (nSPS) is 10.7. The molecule has 0 unspecified atom stereocenters. The van der Waals surface area contributed by atoms with Crippen LogP contribution in [0.1, 0.15) is 54.6 Å². The second kappa shape index (κ2) is 8.53. The fourth-order valence-corrected chi connectivity index (χ4v) is 3.40. The second-order valence-corrected chi connectivity index (χ2v) is 6.72. The van der Waals surface area contributed by atoms with E-state index in [1.54, 1.807) is 0 Å². The van der Waals surface area contributed by atoms with Gasteiger partial charge >= 0.3 is 0 Å². The fraction of sp³-hybridized carbons (Fsp3) is 0.476. The van der Waals surface area contributed by atoms with Gasteiger partial charge in [0.25, 0.3) is 0 Å². The first-order valence-electron chi connectivity index (χ1n) is 8.70. The lowest BCUT2D eigenvalue weighted by molar-refractivity contribution is 0.671. The molecule has 0 aliphatic carbocycles. The van der Waals surface area contributed by atoms with Crippen LogP contribution in [0.15, 0.2) is 18.2 Å². The van der Waals surface area contributed by atoms with Crippen LogP contribution in [0.4, 0.5) is 5.69 Å². The topological polar surface area (TPSA) is 24.9 Å². The monoisotopic (exact) mass is 346 g/mol. The molecule has 0 saturated heterocycles. The highest BCUT2D eigenvalue weighted by Crippen LogP contribution is 2.33. The van der Waals surface area contributed by atoms with E-state index in [9.17, 15) is 0 Å². The minimum Gasteiger partial charge on any atom is -0.382 e. The molecule has 0 atom stereocenters. The first-order valence-corrected chi connectivity index (χ1v) is 8.70. The third-order valence-corrected chi connectivity index (χ3v) is 4.66. The van der Waals surface area contributed by atoms with Crippen LogP contribution in [0.2, 0.25) is 0 Å². The van der Waals surface area contributed by atoms with Crippen molar-refractivity contribution in [3.8, 4) is 11.3 Å². The van der Waals surface area contributed by atoms with Crippen molar-refractivity contribution in [2.45, 2.75) is 67.3 Å². The van der Waals surface area contributed by atoms with Crippen molar-refractivity contribution in [1.82, 2.24) is 4.98 Å². The van der Waals surface area contributed by atoms with Crippen molar-refractivity contribution in [2.24, 2.45) is 0 Å². The van der Waals surface area contributed by atoms with Gasteiger partial charge in [-0.05, 0) is 70.2 Å². The van der Waals surface area contributed by atoms with E-state index in [0.717, 1.165) is 24.2 Å². The molecule has 0 amide bonds. The van der Waals surface area contributed by atoms with E-state index >= 15 is 0 Å². The van der Waals surface area contributed by atoms with Gasteiger partial charge in [-0.15, -0.1) is 12.4 Å². The number of hydrogen-bond acceptors (Lipinski definition) is 2. The highest BCUT2D eigenvalue weighted by atomic mass is 35.5. The van der Waals surface area contributed by atoms with Crippen LogP contribution in [0, 0.1) is 34.6 Å². The highest BCUT2D eigenvalue weighted by Gasteiger charge is 2.15. The van der Waals surface area contributed by atoms with Gasteiger partial charge in [0.2, 0.25) is 0 Å². The molecule has 1 N–H and O–H groups in total. The van der Waals surface area contributed by atoms with E-state index in [1.165, 1.54) is 33.5 Å². The Balaban J connectivity index is 0.00000288. The number of aryl methyl sites for hydroxylation is 4. The van der Waals surface area contributed by atoms with Crippen LogP contribution >= 0.6 is 12.4 Å². The Morgan fingerprint density at radius 3 is 1.96 bits per heavy atom. The molecule has 0 spiro atoms. The molecule has 3 heteroatoms. The molecule has 0 radical (unpaired) electrons. The summed E-state index contributed by atoms with van der Waals surface area (Å²) in [7, 11) is 0. The number of pyridine rings is 1. The van der Waals surface area contributed by atoms with E-state index in [4.69, 9.17) is 4.98 Å². The molecule has 24 heavy (non-hydrogen) atoms. The van der Waals surface area contributed by atoms with Crippen LogP contribution in [-0.4, -0.2) is 11.0 Å². The SMILES string of the molecule is CCC(CC)Nc1cc(C)nc(-c2c(C)cc(C)cc2C)c1C.Cl. The number of aromatic nitrogens is 1. The number of halogens is 1. The molecule has 1 aromatic heterocycles. The minimum absolute atomic E-state index is 0.